The van der Waals surface area contributed by atoms with E-state index in [2.05, 4.69) is 31.9 Å². The van der Waals surface area contributed by atoms with E-state index in [4.69, 9.17) is 4.74 Å². The Morgan fingerprint density at radius 1 is 1.00 bits per heavy atom. The number of hydrogen-bond acceptors (Lipinski definition) is 2. The fourth-order valence-corrected chi connectivity index (χ4v) is 3.12. The minimum absolute atomic E-state index is 0.451. The Kier molecular flexibility index (Phi) is 5.56. The number of hydrogen-bond donors (Lipinski definition) is 0. The molecule has 2 rings (SSSR count). The molecule has 0 spiro atoms. The molecule has 0 unspecified atom stereocenters. The van der Waals surface area contributed by atoms with Gasteiger partial charge in [0.25, 0.3) is 0 Å². The molecule has 0 N–H and O–H groups in total. The third-order valence-electron chi connectivity index (χ3n) is 2.59. The van der Waals surface area contributed by atoms with Gasteiger partial charge in [0.2, 0.25) is 0 Å². The van der Waals surface area contributed by atoms with Crippen LogP contribution in [0.1, 0.15) is 15.9 Å². The summed E-state index contributed by atoms with van der Waals surface area (Å²) in [5.41, 5.74) is 1.72. The molecule has 0 saturated heterocycles. The highest BCUT2D eigenvalue weighted by Crippen LogP contribution is 2.34. The Bertz CT molecular complexity index is 599. The van der Waals surface area contributed by atoms with Crippen LogP contribution in [0.25, 0.3) is 6.08 Å². The van der Waals surface area contributed by atoms with Gasteiger partial charge < -0.3 is 4.74 Å². The summed E-state index contributed by atoms with van der Waals surface area (Å²) in [6, 6.07) is 13.5. The molecule has 0 atom stereocenters. The highest BCUT2D eigenvalue weighted by atomic mass is 79.9. The number of aldehydes is 1. The minimum atomic E-state index is 0.451. The standard InChI is InChI=1S/C16H12Br2O2/c17-14-9-13(11-19)10-15(18)16(14)20-8-4-7-12-5-2-1-3-6-12/h1-7,9-11H,8H2. The zero-order valence-corrected chi connectivity index (χ0v) is 13.7. The topological polar surface area (TPSA) is 26.3 Å². The fraction of sp³-hybridized carbons (Fsp3) is 0.0625. The fourth-order valence-electron chi connectivity index (χ4n) is 1.67. The smallest absolute Gasteiger partial charge is 0.150 e. The van der Waals surface area contributed by atoms with Crippen molar-refractivity contribution in [3.05, 3.63) is 68.6 Å². The molecule has 0 aromatic heterocycles. The van der Waals surface area contributed by atoms with E-state index >= 15 is 0 Å². The van der Waals surface area contributed by atoms with Crippen LogP contribution in [0.2, 0.25) is 0 Å². The van der Waals surface area contributed by atoms with Crippen LogP contribution in [-0.4, -0.2) is 12.9 Å². The molecule has 0 saturated carbocycles. The lowest BCUT2D eigenvalue weighted by Crippen LogP contribution is -1.96. The van der Waals surface area contributed by atoms with E-state index < -0.39 is 0 Å². The summed E-state index contributed by atoms with van der Waals surface area (Å²) in [5.74, 6) is 0.688. The zero-order chi connectivity index (χ0) is 14.4. The Hall–Kier alpha value is -1.39. The van der Waals surface area contributed by atoms with Crippen molar-refractivity contribution in [2.24, 2.45) is 0 Å². The maximum atomic E-state index is 10.7. The lowest BCUT2D eigenvalue weighted by Gasteiger charge is -2.09. The van der Waals surface area contributed by atoms with Gasteiger partial charge in [0, 0.05) is 5.56 Å². The quantitative estimate of drug-likeness (QED) is 0.657. The molecule has 0 fully saturated rings. The van der Waals surface area contributed by atoms with Crippen LogP contribution in [0.5, 0.6) is 5.75 Å². The van der Waals surface area contributed by atoms with Crippen LogP contribution in [-0.2, 0) is 0 Å². The van der Waals surface area contributed by atoms with E-state index in [9.17, 15) is 4.79 Å². The van der Waals surface area contributed by atoms with Crippen molar-refractivity contribution in [2.45, 2.75) is 0 Å². The number of carbonyl (C=O) groups excluding carboxylic acids is 1. The van der Waals surface area contributed by atoms with Gasteiger partial charge in [-0.1, -0.05) is 36.4 Å². The largest absolute Gasteiger partial charge is 0.487 e. The minimum Gasteiger partial charge on any atom is -0.487 e. The van der Waals surface area contributed by atoms with Crippen LogP contribution >= 0.6 is 31.9 Å². The third kappa shape index (κ3) is 4.05. The molecule has 0 bridgehead atoms. The molecule has 102 valence electrons. The summed E-state index contributed by atoms with van der Waals surface area (Å²) in [6.07, 6.45) is 4.75. The number of halogens is 2. The molecular weight excluding hydrogens is 384 g/mol. The zero-order valence-electron chi connectivity index (χ0n) is 10.6. The van der Waals surface area contributed by atoms with Crippen molar-refractivity contribution in [3.8, 4) is 5.75 Å². The van der Waals surface area contributed by atoms with Crippen molar-refractivity contribution in [1.29, 1.82) is 0 Å². The van der Waals surface area contributed by atoms with E-state index in [1.165, 1.54) is 0 Å². The molecule has 0 amide bonds. The molecule has 2 aromatic carbocycles. The van der Waals surface area contributed by atoms with Crippen molar-refractivity contribution in [1.82, 2.24) is 0 Å². The van der Waals surface area contributed by atoms with Gasteiger partial charge in [0.1, 0.15) is 18.6 Å². The summed E-state index contributed by atoms with van der Waals surface area (Å²) in [6.45, 7) is 0.451. The molecule has 2 aromatic rings. The summed E-state index contributed by atoms with van der Waals surface area (Å²) in [5, 5.41) is 0. The molecule has 0 aliphatic rings. The summed E-state index contributed by atoms with van der Waals surface area (Å²) in [4.78, 5) is 10.7. The van der Waals surface area contributed by atoms with E-state index in [0.717, 1.165) is 20.8 Å². The van der Waals surface area contributed by atoms with Crippen LogP contribution in [0.15, 0.2) is 57.5 Å². The van der Waals surface area contributed by atoms with Gasteiger partial charge in [-0.05, 0) is 55.6 Å². The highest BCUT2D eigenvalue weighted by Gasteiger charge is 2.08. The molecule has 2 nitrogen and oxygen atoms in total. The van der Waals surface area contributed by atoms with Gasteiger partial charge in [-0.25, -0.2) is 0 Å². The first-order valence-electron chi connectivity index (χ1n) is 5.99. The van der Waals surface area contributed by atoms with Crippen molar-refractivity contribution >= 4 is 44.2 Å². The first-order valence-corrected chi connectivity index (χ1v) is 7.58. The Morgan fingerprint density at radius 2 is 1.65 bits per heavy atom. The molecule has 20 heavy (non-hydrogen) atoms. The van der Waals surface area contributed by atoms with Gasteiger partial charge in [-0.2, -0.15) is 0 Å². The molecule has 0 aliphatic carbocycles. The lowest BCUT2D eigenvalue weighted by molar-refractivity contribution is 0.112. The second-order valence-corrected chi connectivity index (χ2v) is 5.76. The van der Waals surface area contributed by atoms with E-state index in [1.807, 2.05) is 42.5 Å². The van der Waals surface area contributed by atoms with E-state index in [0.29, 0.717) is 17.9 Å². The number of carbonyl (C=O) groups is 1. The number of ether oxygens (including phenoxy) is 1. The first kappa shape index (κ1) is 15.0. The summed E-state index contributed by atoms with van der Waals surface area (Å²) in [7, 11) is 0. The molecule has 0 heterocycles. The SMILES string of the molecule is O=Cc1cc(Br)c(OCC=Cc2ccccc2)c(Br)c1. The summed E-state index contributed by atoms with van der Waals surface area (Å²) < 4.78 is 7.20. The van der Waals surface area contributed by atoms with Crippen molar-refractivity contribution < 1.29 is 9.53 Å². The normalized spacial score (nSPS) is 10.7. The Labute approximate surface area is 134 Å². The van der Waals surface area contributed by atoms with Crippen LogP contribution in [0.4, 0.5) is 0 Å². The van der Waals surface area contributed by atoms with Gasteiger partial charge in [-0.3, -0.25) is 4.79 Å². The first-order chi connectivity index (χ1) is 9.70. The molecular formula is C16H12Br2O2. The Balaban J connectivity index is 2.01. The summed E-state index contributed by atoms with van der Waals surface area (Å²) >= 11 is 6.80. The molecule has 0 aliphatic heterocycles. The second kappa shape index (κ2) is 7.41. The van der Waals surface area contributed by atoms with Gasteiger partial charge in [0.15, 0.2) is 0 Å². The highest BCUT2D eigenvalue weighted by molar-refractivity contribution is 9.11. The van der Waals surface area contributed by atoms with E-state index in [1.54, 1.807) is 12.1 Å². The van der Waals surface area contributed by atoms with Crippen LogP contribution in [0.3, 0.4) is 0 Å². The van der Waals surface area contributed by atoms with Crippen molar-refractivity contribution in [3.63, 3.8) is 0 Å². The Morgan fingerprint density at radius 3 is 2.25 bits per heavy atom. The average Bonchev–Trinajstić information content (AvgIpc) is 2.46. The molecule has 4 heteroatoms. The second-order valence-electron chi connectivity index (χ2n) is 4.06. The van der Waals surface area contributed by atoms with Gasteiger partial charge in [0.05, 0.1) is 8.95 Å². The predicted molar refractivity (Wildman–Crippen MR) is 88.2 cm³/mol. The van der Waals surface area contributed by atoms with Gasteiger partial charge in [-0.15, -0.1) is 0 Å². The maximum Gasteiger partial charge on any atom is 0.150 e. The number of rotatable bonds is 5. The number of benzene rings is 2. The van der Waals surface area contributed by atoms with Crippen molar-refractivity contribution in [2.75, 3.05) is 6.61 Å². The molecule has 0 radical (unpaired) electrons. The lowest BCUT2D eigenvalue weighted by atomic mass is 10.2. The average molecular weight is 396 g/mol. The third-order valence-corrected chi connectivity index (χ3v) is 3.77. The predicted octanol–water partition coefficient (Wildman–Crippen LogP) is 5.12. The monoisotopic (exact) mass is 394 g/mol. The van der Waals surface area contributed by atoms with Crippen LogP contribution < -0.4 is 4.74 Å². The maximum absolute atomic E-state index is 10.7. The van der Waals surface area contributed by atoms with Crippen LogP contribution in [0, 0.1) is 0 Å². The van der Waals surface area contributed by atoms with E-state index in [-0.39, 0.29) is 0 Å². The van der Waals surface area contributed by atoms with Gasteiger partial charge >= 0.3 is 0 Å².